The molecule has 0 aliphatic carbocycles. The van der Waals surface area contributed by atoms with E-state index in [1.807, 2.05) is 12.1 Å². The van der Waals surface area contributed by atoms with Gasteiger partial charge < -0.3 is 15.8 Å². The third kappa shape index (κ3) is 7.29. The minimum Gasteiger partial charge on any atom is -0.497 e. The van der Waals surface area contributed by atoms with E-state index in [0.717, 1.165) is 38.1 Å². The molecule has 2 aromatic carbocycles. The Hall–Kier alpha value is -1.84. The maximum atomic E-state index is 6.87. The maximum Gasteiger partial charge on any atom is 0.118 e. The van der Waals surface area contributed by atoms with Gasteiger partial charge in [-0.2, -0.15) is 0 Å². The molecular weight excluding hydrogens is 344 g/mol. The van der Waals surface area contributed by atoms with Crippen LogP contribution < -0.4 is 15.8 Å². The van der Waals surface area contributed by atoms with Crippen LogP contribution in [0.1, 0.15) is 56.7 Å². The predicted octanol–water partition coefficient (Wildman–Crippen LogP) is 4.94. The summed E-state index contributed by atoms with van der Waals surface area (Å²) in [6, 6.07) is 17.3. The smallest absolute Gasteiger partial charge is 0.118 e. The van der Waals surface area contributed by atoms with Crippen molar-refractivity contribution in [3.05, 3.63) is 65.2 Å². The molecule has 154 valence electrons. The molecule has 2 aromatic rings. The topological polar surface area (TPSA) is 47.3 Å². The molecule has 0 spiro atoms. The van der Waals surface area contributed by atoms with Crippen LogP contribution in [-0.2, 0) is 12.8 Å². The molecule has 1 unspecified atom stereocenters. The van der Waals surface area contributed by atoms with Gasteiger partial charge in [-0.05, 0) is 66.5 Å². The van der Waals surface area contributed by atoms with Gasteiger partial charge in [-0.25, -0.2) is 0 Å². The molecule has 2 rings (SSSR count). The van der Waals surface area contributed by atoms with Gasteiger partial charge in [0.15, 0.2) is 0 Å². The molecular formula is C25H38N2O. The first-order valence-corrected chi connectivity index (χ1v) is 10.5. The van der Waals surface area contributed by atoms with Gasteiger partial charge in [0.05, 0.1) is 7.11 Å². The van der Waals surface area contributed by atoms with Crippen LogP contribution in [0.25, 0.3) is 0 Å². The second-order valence-corrected chi connectivity index (χ2v) is 8.81. The molecule has 3 N–H and O–H groups in total. The molecule has 0 aliphatic heterocycles. The molecule has 0 radical (unpaired) electrons. The van der Waals surface area contributed by atoms with E-state index >= 15 is 0 Å². The second kappa shape index (κ2) is 10.6. The largest absolute Gasteiger partial charge is 0.497 e. The summed E-state index contributed by atoms with van der Waals surface area (Å²) in [6.45, 7) is 10.7. The summed E-state index contributed by atoms with van der Waals surface area (Å²) in [5.74, 6) is 2.04. The van der Waals surface area contributed by atoms with Crippen LogP contribution in [0.5, 0.6) is 5.75 Å². The summed E-state index contributed by atoms with van der Waals surface area (Å²) in [6.07, 6.45) is 2.90. The van der Waals surface area contributed by atoms with Gasteiger partial charge in [-0.15, -0.1) is 0 Å². The Bertz CT molecular complexity index is 691. The van der Waals surface area contributed by atoms with Crippen molar-refractivity contribution in [2.45, 2.75) is 58.4 Å². The van der Waals surface area contributed by atoms with Crippen molar-refractivity contribution in [2.24, 2.45) is 11.7 Å². The van der Waals surface area contributed by atoms with Gasteiger partial charge in [0, 0.05) is 12.1 Å². The molecule has 0 amide bonds. The van der Waals surface area contributed by atoms with E-state index in [2.05, 4.69) is 69.4 Å². The van der Waals surface area contributed by atoms with Crippen molar-refractivity contribution >= 4 is 0 Å². The van der Waals surface area contributed by atoms with Gasteiger partial charge in [0.25, 0.3) is 0 Å². The highest BCUT2D eigenvalue weighted by atomic mass is 16.5. The van der Waals surface area contributed by atoms with Gasteiger partial charge in [-0.1, -0.05) is 64.1 Å². The fraction of sp³-hybridized carbons (Fsp3) is 0.520. The average molecular weight is 383 g/mol. The molecule has 0 fully saturated rings. The van der Waals surface area contributed by atoms with Gasteiger partial charge >= 0.3 is 0 Å². The Labute approximate surface area is 171 Å². The van der Waals surface area contributed by atoms with Crippen molar-refractivity contribution < 1.29 is 4.74 Å². The van der Waals surface area contributed by atoms with Gasteiger partial charge in [-0.3, -0.25) is 0 Å². The molecule has 28 heavy (non-hydrogen) atoms. The van der Waals surface area contributed by atoms with Gasteiger partial charge in [0.2, 0.25) is 0 Å². The lowest BCUT2D eigenvalue weighted by Crippen LogP contribution is -2.51. The summed E-state index contributed by atoms with van der Waals surface area (Å²) >= 11 is 0. The van der Waals surface area contributed by atoms with Crippen molar-refractivity contribution in [1.82, 2.24) is 5.32 Å². The summed E-state index contributed by atoms with van der Waals surface area (Å²) in [5, 5.41) is 3.60. The highest BCUT2D eigenvalue weighted by Gasteiger charge is 2.26. The molecule has 0 aliphatic rings. The zero-order valence-corrected chi connectivity index (χ0v) is 18.3. The summed E-state index contributed by atoms with van der Waals surface area (Å²) in [5.41, 5.74) is 10.7. The lowest BCUT2D eigenvalue weighted by Gasteiger charge is -2.32. The number of benzene rings is 2. The Morgan fingerprint density at radius 2 is 1.54 bits per heavy atom. The van der Waals surface area contributed by atoms with E-state index in [-0.39, 0.29) is 5.54 Å². The third-order valence-electron chi connectivity index (χ3n) is 5.24. The van der Waals surface area contributed by atoms with Crippen LogP contribution in [-0.4, -0.2) is 25.7 Å². The van der Waals surface area contributed by atoms with Crippen molar-refractivity contribution in [3.8, 4) is 5.75 Å². The maximum absolute atomic E-state index is 6.87. The Morgan fingerprint density at radius 3 is 2.07 bits per heavy atom. The SMILES string of the molecule is COc1ccc(CCNCC(N)(Cc2ccc(C(C)C)cc2)CC(C)C)cc1. The summed E-state index contributed by atoms with van der Waals surface area (Å²) < 4.78 is 5.22. The Balaban J connectivity index is 1.91. The minimum absolute atomic E-state index is 0.229. The third-order valence-corrected chi connectivity index (χ3v) is 5.24. The molecule has 1 atom stereocenters. The first kappa shape index (κ1) is 22.4. The van der Waals surface area contributed by atoms with E-state index < -0.39 is 0 Å². The zero-order valence-electron chi connectivity index (χ0n) is 18.3. The van der Waals surface area contributed by atoms with E-state index in [4.69, 9.17) is 10.5 Å². The van der Waals surface area contributed by atoms with Crippen LogP contribution in [0.2, 0.25) is 0 Å². The quantitative estimate of drug-likeness (QED) is 0.541. The van der Waals surface area contributed by atoms with Crippen molar-refractivity contribution in [1.29, 1.82) is 0 Å². The highest BCUT2D eigenvalue weighted by Crippen LogP contribution is 2.21. The van der Waals surface area contributed by atoms with Gasteiger partial charge in [0.1, 0.15) is 5.75 Å². The number of hydrogen-bond donors (Lipinski definition) is 2. The fourth-order valence-corrected chi connectivity index (χ4v) is 3.81. The van der Waals surface area contributed by atoms with E-state index in [0.29, 0.717) is 11.8 Å². The van der Waals surface area contributed by atoms with Crippen molar-refractivity contribution in [3.63, 3.8) is 0 Å². The normalized spacial score (nSPS) is 13.7. The molecule has 3 nitrogen and oxygen atoms in total. The lowest BCUT2D eigenvalue weighted by atomic mass is 9.83. The first-order chi connectivity index (χ1) is 13.3. The predicted molar refractivity (Wildman–Crippen MR) is 120 cm³/mol. The Kier molecular flexibility index (Phi) is 8.53. The number of nitrogens with two attached hydrogens (primary N) is 1. The molecule has 0 aromatic heterocycles. The highest BCUT2D eigenvalue weighted by molar-refractivity contribution is 5.28. The summed E-state index contributed by atoms with van der Waals surface area (Å²) in [4.78, 5) is 0. The minimum atomic E-state index is -0.229. The molecule has 3 heteroatoms. The molecule has 0 heterocycles. The Morgan fingerprint density at radius 1 is 0.929 bits per heavy atom. The zero-order chi connectivity index (χ0) is 20.6. The number of hydrogen-bond acceptors (Lipinski definition) is 3. The monoisotopic (exact) mass is 382 g/mol. The van der Waals surface area contributed by atoms with Crippen molar-refractivity contribution in [2.75, 3.05) is 20.2 Å². The van der Waals surface area contributed by atoms with E-state index in [1.54, 1.807) is 7.11 Å². The number of methoxy groups -OCH3 is 1. The second-order valence-electron chi connectivity index (χ2n) is 8.81. The van der Waals surface area contributed by atoms with Crippen LogP contribution in [0.15, 0.2) is 48.5 Å². The van der Waals surface area contributed by atoms with Crippen LogP contribution in [0.3, 0.4) is 0 Å². The average Bonchev–Trinajstić information content (AvgIpc) is 2.65. The fourth-order valence-electron chi connectivity index (χ4n) is 3.81. The first-order valence-electron chi connectivity index (χ1n) is 10.5. The van der Waals surface area contributed by atoms with Crippen LogP contribution in [0, 0.1) is 5.92 Å². The number of ether oxygens (including phenoxy) is 1. The van der Waals surface area contributed by atoms with Crippen LogP contribution in [0.4, 0.5) is 0 Å². The molecule has 0 bridgehead atoms. The van der Waals surface area contributed by atoms with E-state index in [9.17, 15) is 0 Å². The number of nitrogens with one attached hydrogen (secondary N) is 1. The standard InChI is InChI=1S/C25H38N2O/c1-19(2)16-25(26,17-22-6-10-23(11-7-22)20(3)4)18-27-15-14-21-8-12-24(28-5)13-9-21/h6-13,19-20,27H,14-18,26H2,1-5H3. The number of rotatable bonds is 11. The summed E-state index contributed by atoms with van der Waals surface area (Å²) in [7, 11) is 1.70. The lowest BCUT2D eigenvalue weighted by molar-refractivity contribution is 0.322. The molecule has 0 saturated carbocycles. The molecule has 0 saturated heterocycles. The van der Waals surface area contributed by atoms with E-state index in [1.165, 1.54) is 16.7 Å². The van der Waals surface area contributed by atoms with Crippen LogP contribution >= 0.6 is 0 Å².